The maximum Gasteiger partial charge on any atom is 0.188 e. The van der Waals surface area contributed by atoms with Gasteiger partial charge < -0.3 is 0 Å². The second kappa shape index (κ2) is 7.49. The first-order valence-electron chi connectivity index (χ1n) is 8.16. The Labute approximate surface area is 149 Å². The van der Waals surface area contributed by atoms with Crippen LogP contribution >= 0.6 is 0 Å². The third kappa shape index (κ3) is 4.06. The molecule has 3 heteroatoms. The van der Waals surface area contributed by atoms with Gasteiger partial charge in [0.15, 0.2) is 9.84 Å². The highest BCUT2D eigenvalue weighted by atomic mass is 32.2. The van der Waals surface area contributed by atoms with Gasteiger partial charge in [-0.25, -0.2) is 8.42 Å². The molecule has 0 N–H and O–H groups in total. The Kier molecular flexibility index (Phi) is 5.15. The highest BCUT2D eigenvalue weighted by Crippen LogP contribution is 2.31. The fourth-order valence-corrected chi connectivity index (χ4v) is 4.28. The first kappa shape index (κ1) is 17.2. The molecule has 0 bridgehead atoms. The molecule has 0 aliphatic rings. The van der Waals surface area contributed by atoms with Gasteiger partial charge in [-0.15, -0.1) is 0 Å². The number of sulfone groups is 1. The molecule has 3 rings (SSSR count). The van der Waals surface area contributed by atoms with Gasteiger partial charge >= 0.3 is 0 Å². The summed E-state index contributed by atoms with van der Waals surface area (Å²) in [4.78, 5) is 0.338. The summed E-state index contributed by atoms with van der Waals surface area (Å²) < 4.78 is 26.4. The molecule has 2 nitrogen and oxygen atoms in total. The molecule has 0 fully saturated rings. The van der Waals surface area contributed by atoms with E-state index in [2.05, 4.69) is 0 Å². The first-order chi connectivity index (χ1) is 12.1. The summed E-state index contributed by atoms with van der Waals surface area (Å²) in [5.74, 6) is 0. The summed E-state index contributed by atoms with van der Waals surface area (Å²) in [5.41, 5.74) is 2.77. The zero-order valence-electron chi connectivity index (χ0n) is 14.0. The largest absolute Gasteiger partial charge is 0.223 e. The highest BCUT2D eigenvalue weighted by molar-refractivity contribution is 7.91. The van der Waals surface area contributed by atoms with E-state index in [0.29, 0.717) is 4.90 Å². The summed E-state index contributed by atoms with van der Waals surface area (Å²) in [6.07, 6.45) is 3.63. The molecule has 0 spiro atoms. The van der Waals surface area contributed by atoms with Crippen LogP contribution in [0.2, 0.25) is 0 Å². The molecule has 1 atom stereocenters. The molecule has 0 radical (unpaired) electrons. The normalized spacial score (nSPS) is 13.0. The van der Waals surface area contributed by atoms with Gasteiger partial charge in [0.05, 0.1) is 4.90 Å². The lowest BCUT2D eigenvalue weighted by atomic mass is 10.1. The van der Waals surface area contributed by atoms with Crippen LogP contribution < -0.4 is 0 Å². The maximum atomic E-state index is 13.2. The summed E-state index contributed by atoms with van der Waals surface area (Å²) in [6, 6.07) is 26.1. The lowest BCUT2D eigenvalue weighted by Gasteiger charge is -2.15. The molecular formula is C22H20O2S. The molecule has 0 aliphatic heterocycles. The van der Waals surface area contributed by atoms with Crippen molar-refractivity contribution in [2.75, 3.05) is 0 Å². The van der Waals surface area contributed by atoms with E-state index in [1.54, 1.807) is 18.2 Å². The lowest BCUT2D eigenvalue weighted by molar-refractivity contribution is 0.590. The third-order valence-corrected chi connectivity index (χ3v) is 6.10. The van der Waals surface area contributed by atoms with Crippen LogP contribution in [-0.2, 0) is 9.84 Å². The van der Waals surface area contributed by atoms with Crippen LogP contribution in [-0.4, -0.2) is 8.42 Å². The second-order valence-corrected chi connectivity index (χ2v) is 8.03. The molecule has 25 heavy (non-hydrogen) atoms. The topological polar surface area (TPSA) is 34.1 Å². The Bertz CT molecular complexity index is 942. The van der Waals surface area contributed by atoms with Crippen molar-refractivity contribution in [1.29, 1.82) is 0 Å². The molecule has 0 heterocycles. The molecule has 126 valence electrons. The molecular weight excluding hydrogens is 328 g/mol. The van der Waals surface area contributed by atoms with E-state index in [0.717, 1.165) is 16.7 Å². The Morgan fingerprint density at radius 2 is 1.32 bits per heavy atom. The van der Waals surface area contributed by atoms with Crippen LogP contribution in [0.25, 0.3) is 6.08 Å². The molecule has 0 saturated heterocycles. The molecule has 1 unspecified atom stereocenters. The minimum atomic E-state index is -3.53. The van der Waals surface area contributed by atoms with Crippen LogP contribution in [0.15, 0.2) is 95.9 Å². The zero-order chi connectivity index (χ0) is 17.7. The quantitative estimate of drug-likeness (QED) is 0.633. The van der Waals surface area contributed by atoms with Crippen molar-refractivity contribution in [2.24, 2.45) is 0 Å². The Balaban J connectivity index is 2.05. The van der Waals surface area contributed by atoms with E-state index in [-0.39, 0.29) is 0 Å². The standard InChI is InChI=1S/C22H20O2S/c1-18-12-15-21(16-13-18)25(23,24)22(20-10-6-3-7-11-20)17-14-19-8-4-2-5-9-19/h2-17,22H,1H3/b17-14+. The summed E-state index contributed by atoms with van der Waals surface area (Å²) in [6.45, 7) is 1.94. The van der Waals surface area contributed by atoms with Crippen molar-refractivity contribution in [3.05, 3.63) is 108 Å². The number of hydrogen-bond donors (Lipinski definition) is 0. The van der Waals surface area contributed by atoms with Crippen LogP contribution in [0.4, 0.5) is 0 Å². The van der Waals surface area contributed by atoms with Crippen molar-refractivity contribution in [3.8, 4) is 0 Å². The van der Waals surface area contributed by atoms with Gasteiger partial charge in [-0.3, -0.25) is 0 Å². The minimum Gasteiger partial charge on any atom is -0.223 e. The number of aryl methyl sites for hydroxylation is 1. The summed E-state index contributed by atoms with van der Waals surface area (Å²) in [7, 11) is -3.53. The first-order valence-corrected chi connectivity index (χ1v) is 9.71. The maximum absolute atomic E-state index is 13.2. The monoisotopic (exact) mass is 348 g/mol. The lowest BCUT2D eigenvalue weighted by Crippen LogP contribution is -2.12. The van der Waals surface area contributed by atoms with Crippen LogP contribution in [0.5, 0.6) is 0 Å². The van der Waals surface area contributed by atoms with Gasteiger partial charge in [0.25, 0.3) is 0 Å². The number of benzene rings is 3. The van der Waals surface area contributed by atoms with Crippen LogP contribution in [0.1, 0.15) is 21.9 Å². The number of hydrogen-bond acceptors (Lipinski definition) is 2. The van der Waals surface area contributed by atoms with Gasteiger partial charge in [0.1, 0.15) is 5.25 Å². The Hall–Kier alpha value is -2.65. The smallest absolute Gasteiger partial charge is 0.188 e. The molecule has 0 aliphatic carbocycles. The zero-order valence-corrected chi connectivity index (χ0v) is 14.9. The van der Waals surface area contributed by atoms with Crippen molar-refractivity contribution >= 4 is 15.9 Å². The average molecular weight is 348 g/mol. The summed E-state index contributed by atoms with van der Waals surface area (Å²) in [5, 5.41) is -0.725. The predicted octanol–water partition coefficient (Wildman–Crippen LogP) is 5.22. The minimum absolute atomic E-state index is 0.338. The fraction of sp³-hybridized carbons (Fsp3) is 0.0909. The molecule has 0 saturated carbocycles. The molecule has 0 amide bonds. The summed E-state index contributed by atoms with van der Waals surface area (Å²) >= 11 is 0. The van der Waals surface area contributed by atoms with Gasteiger partial charge in [-0.1, -0.05) is 90.5 Å². The van der Waals surface area contributed by atoms with Gasteiger partial charge in [0.2, 0.25) is 0 Å². The Morgan fingerprint density at radius 3 is 1.92 bits per heavy atom. The van der Waals surface area contributed by atoms with Gasteiger partial charge in [0, 0.05) is 0 Å². The Morgan fingerprint density at radius 1 is 0.760 bits per heavy atom. The fourth-order valence-electron chi connectivity index (χ4n) is 2.67. The van der Waals surface area contributed by atoms with Crippen molar-refractivity contribution in [1.82, 2.24) is 0 Å². The van der Waals surface area contributed by atoms with Gasteiger partial charge in [-0.05, 0) is 30.2 Å². The predicted molar refractivity (Wildman–Crippen MR) is 103 cm³/mol. The van der Waals surface area contributed by atoms with Crippen molar-refractivity contribution < 1.29 is 8.42 Å². The average Bonchev–Trinajstić information content (AvgIpc) is 2.64. The van der Waals surface area contributed by atoms with E-state index >= 15 is 0 Å². The van der Waals surface area contributed by atoms with Gasteiger partial charge in [-0.2, -0.15) is 0 Å². The van der Waals surface area contributed by atoms with Crippen molar-refractivity contribution in [2.45, 2.75) is 17.1 Å². The van der Waals surface area contributed by atoms with E-state index in [1.807, 2.05) is 85.8 Å². The molecule has 0 aromatic heterocycles. The van der Waals surface area contributed by atoms with E-state index < -0.39 is 15.1 Å². The SMILES string of the molecule is Cc1ccc(S(=O)(=O)C(/C=C/c2ccccc2)c2ccccc2)cc1. The van der Waals surface area contributed by atoms with E-state index in [4.69, 9.17) is 0 Å². The van der Waals surface area contributed by atoms with Crippen LogP contribution in [0.3, 0.4) is 0 Å². The second-order valence-electron chi connectivity index (χ2n) is 5.96. The molecule has 3 aromatic carbocycles. The van der Waals surface area contributed by atoms with Crippen molar-refractivity contribution in [3.63, 3.8) is 0 Å². The number of rotatable bonds is 5. The van der Waals surface area contributed by atoms with E-state index in [1.165, 1.54) is 0 Å². The van der Waals surface area contributed by atoms with E-state index in [9.17, 15) is 8.42 Å². The highest BCUT2D eigenvalue weighted by Gasteiger charge is 2.26. The van der Waals surface area contributed by atoms with Crippen LogP contribution in [0, 0.1) is 6.92 Å². The molecule has 3 aromatic rings. The third-order valence-electron chi connectivity index (χ3n) is 4.07.